The molecule has 3 aromatic rings. The predicted molar refractivity (Wildman–Crippen MR) is 94.0 cm³/mol. The molecular formula is C19H13FN2OS. The molecule has 118 valence electrons. The van der Waals surface area contributed by atoms with Gasteiger partial charge >= 0.3 is 0 Å². The van der Waals surface area contributed by atoms with Crippen LogP contribution < -0.4 is 4.74 Å². The van der Waals surface area contributed by atoms with Crippen molar-refractivity contribution in [3.63, 3.8) is 0 Å². The molecule has 1 aromatic heterocycles. The van der Waals surface area contributed by atoms with Crippen molar-refractivity contribution in [2.24, 2.45) is 0 Å². The van der Waals surface area contributed by atoms with Gasteiger partial charge in [-0.25, -0.2) is 9.37 Å². The maximum atomic E-state index is 13.8. The van der Waals surface area contributed by atoms with Crippen molar-refractivity contribution in [2.75, 3.05) is 7.11 Å². The first-order valence-corrected chi connectivity index (χ1v) is 8.06. The molecule has 0 radical (unpaired) electrons. The van der Waals surface area contributed by atoms with Crippen molar-refractivity contribution >= 4 is 23.0 Å². The molecule has 0 spiro atoms. The minimum atomic E-state index is -0.465. The number of allylic oxidation sites excluding steroid dienone is 1. The van der Waals surface area contributed by atoms with Crippen LogP contribution in [0.15, 0.2) is 53.9 Å². The highest BCUT2D eigenvalue weighted by Gasteiger charge is 2.10. The molecule has 0 fully saturated rings. The number of nitriles is 1. The summed E-state index contributed by atoms with van der Waals surface area (Å²) in [6, 6.07) is 16.5. The van der Waals surface area contributed by atoms with Gasteiger partial charge in [0, 0.05) is 10.9 Å². The third kappa shape index (κ3) is 3.34. The molecule has 5 heteroatoms. The second kappa shape index (κ2) is 7.07. The van der Waals surface area contributed by atoms with E-state index in [-0.39, 0.29) is 5.75 Å². The number of hydrogen-bond acceptors (Lipinski definition) is 4. The van der Waals surface area contributed by atoms with Gasteiger partial charge in [-0.15, -0.1) is 11.3 Å². The van der Waals surface area contributed by atoms with E-state index >= 15 is 0 Å². The van der Waals surface area contributed by atoms with E-state index in [1.54, 1.807) is 12.1 Å². The zero-order valence-electron chi connectivity index (χ0n) is 12.9. The van der Waals surface area contributed by atoms with E-state index in [2.05, 4.69) is 11.1 Å². The maximum Gasteiger partial charge on any atom is 0.165 e. The van der Waals surface area contributed by atoms with Crippen molar-refractivity contribution < 1.29 is 9.13 Å². The van der Waals surface area contributed by atoms with Gasteiger partial charge in [0.1, 0.15) is 11.1 Å². The number of methoxy groups -OCH3 is 1. The maximum absolute atomic E-state index is 13.8. The number of nitrogens with zero attached hydrogens (tertiary/aromatic N) is 2. The van der Waals surface area contributed by atoms with E-state index < -0.39 is 5.82 Å². The Hall–Kier alpha value is -2.97. The predicted octanol–water partition coefficient (Wildman–Crippen LogP) is 5.02. The van der Waals surface area contributed by atoms with Crippen molar-refractivity contribution in [1.29, 1.82) is 5.26 Å². The number of rotatable bonds is 4. The summed E-state index contributed by atoms with van der Waals surface area (Å²) in [4.78, 5) is 4.51. The quantitative estimate of drug-likeness (QED) is 0.628. The normalized spacial score (nSPS) is 11.1. The van der Waals surface area contributed by atoms with Crippen molar-refractivity contribution in [3.05, 3.63) is 70.3 Å². The molecule has 0 aliphatic heterocycles. The third-order valence-corrected chi connectivity index (χ3v) is 4.29. The molecule has 24 heavy (non-hydrogen) atoms. The zero-order valence-corrected chi connectivity index (χ0v) is 13.7. The van der Waals surface area contributed by atoms with Gasteiger partial charge in [-0.05, 0) is 23.8 Å². The highest BCUT2D eigenvalue weighted by atomic mass is 32.1. The monoisotopic (exact) mass is 336 g/mol. The number of ether oxygens (including phenoxy) is 1. The highest BCUT2D eigenvalue weighted by molar-refractivity contribution is 7.11. The van der Waals surface area contributed by atoms with Crippen LogP contribution in [0, 0.1) is 17.1 Å². The van der Waals surface area contributed by atoms with Crippen LogP contribution in [0.3, 0.4) is 0 Å². The van der Waals surface area contributed by atoms with Crippen molar-refractivity contribution in [3.8, 4) is 23.1 Å². The second-order valence-electron chi connectivity index (χ2n) is 4.97. The first kappa shape index (κ1) is 15.9. The molecule has 3 nitrogen and oxygen atoms in total. The first-order valence-electron chi connectivity index (χ1n) is 7.18. The molecule has 0 aliphatic carbocycles. The Balaban J connectivity index is 1.94. The van der Waals surface area contributed by atoms with E-state index in [9.17, 15) is 9.65 Å². The van der Waals surface area contributed by atoms with Crippen LogP contribution in [-0.4, -0.2) is 12.1 Å². The average Bonchev–Trinajstić information content (AvgIpc) is 3.10. The molecule has 0 saturated carbocycles. The molecule has 0 aliphatic rings. The zero-order chi connectivity index (χ0) is 16.9. The van der Waals surface area contributed by atoms with E-state index in [1.165, 1.54) is 30.6 Å². The van der Waals surface area contributed by atoms with Crippen LogP contribution in [0.4, 0.5) is 4.39 Å². The molecular weight excluding hydrogens is 323 g/mol. The lowest BCUT2D eigenvalue weighted by Gasteiger charge is -2.02. The van der Waals surface area contributed by atoms with Crippen LogP contribution in [0.5, 0.6) is 5.75 Å². The molecule has 0 bridgehead atoms. The Morgan fingerprint density at radius 2 is 2.04 bits per heavy atom. The fourth-order valence-corrected chi connectivity index (χ4v) is 3.01. The van der Waals surface area contributed by atoms with Gasteiger partial charge in [-0.3, -0.25) is 0 Å². The van der Waals surface area contributed by atoms with Crippen LogP contribution >= 0.6 is 11.3 Å². The molecule has 3 rings (SSSR count). The van der Waals surface area contributed by atoms with Crippen LogP contribution in [0.25, 0.3) is 22.9 Å². The van der Waals surface area contributed by atoms with Crippen molar-refractivity contribution in [1.82, 2.24) is 4.98 Å². The lowest BCUT2D eigenvalue weighted by atomic mass is 10.1. The Kier molecular flexibility index (Phi) is 4.69. The van der Waals surface area contributed by atoms with Gasteiger partial charge in [0.2, 0.25) is 0 Å². The van der Waals surface area contributed by atoms with Gasteiger partial charge in [0.15, 0.2) is 11.6 Å². The van der Waals surface area contributed by atoms with Gasteiger partial charge in [-0.2, -0.15) is 5.26 Å². The van der Waals surface area contributed by atoms with Gasteiger partial charge < -0.3 is 4.74 Å². The summed E-state index contributed by atoms with van der Waals surface area (Å²) < 4.78 is 18.7. The summed E-state index contributed by atoms with van der Waals surface area (Å²) in [5.74, 6) is -0.293. The minimum Gasteiger partial charge on any atom is -0.494 e. The fraction of sp³-hybridized carbons (Fsp3) is 0.0526. The highest BCUT2D eigenvalue weighted by Crippen LogP contribution is 2.27. The summed E-state index contributed by atoms with van der Waals surface area (Å²) in [5.41, 5.74) is 2.79. The average molecular weight is 336 g/mol. The molecule has 0 atom stereocenters. The number of benzene rings is 2. The number of aromatic nitrogens is 1. The molecule has 0 amide bonds. The summed E-state index contributed by atoms with van der Waals surface area (Å²) in [6.45, 7) is 0. The molecule has 0 unspecified atom stereocenters. The summed E-state index contributed by atoms with van der Waals surface area (Å²) in [5, 5.41) is 11.9. The summed E-state index contributed by atoms with van der Waals surface area (Å²) >= 11 is 1.39. The SMILES string of the molecule is COc1ccc(/C=C(\C#N)c2nc(-c3ccccc3)cs2)cc1F. The number of thiazole rings is 1. The second-order valence-corrected chi connectivity index (χ2v) is 5.83. The number of hydrogen-bond donors (Lipinski definition) is 0. The molecule has 0 saturated heterocycles. The van der Waals surface area contributed by atoms with Gasteiger partial charge in [-0.1, -0.05) is 36.4 Å². The van der Waals surface area contributed by atoms with E-state index in [4.69, 9.17) is 4.74 Å². The summed E-state index contributed by atoms with van der Waals surface area (Å²) in [7, 11) is 1.41. The minimum absolute atomic E-state index is 0.172. The Bertz CT molecular complexity index is 926. The van der Waals surface area contributed by atoms with Gasteiger partial charge in [0.25, 0.3) is 0 Å². The van der Waals surface area contributed by atoms with Crippen LogP contribution in [0.2, 0.25) is 0 Å². The standard InChI is InChI=1S/C19H13FN2OS/c1-23-18-8-7-13(10-16(18)20)9-15(11-21)19-22-17(12-24-19)14-5-3-2-4-6-14/h2-10,12H,1H3/b15-9+. The smallest absolute Gasteiger partial charge is 0.165 e. The molecule has 2 aromatic carbocycles. The lowest BCUT2D eigenvalue weighted by molar-refractivity contribution is 0.386. The summed E-state index contributed by atoms with van der Waals surface area (Å²) in [6.07, 6.45) is 1.62. The topological polar surface area (TPSA) is 45.9 Å². The lowest BCUT2D eigenvalue weighted by Crippen LogP contribution is -1.88. The van der Waals surface area contributed by atoms with E-state index in [1.807, 2.05) is 35.7 Å². The Morgan fingerprint density at radius 1 is 1.25 bits per heavy atom. The Labute approximate surface area is 143 Å². The molecule has 1 heterocycles. The third-order valence-electron chi connectivity index (χ3n) is 3.41. The fourth-order valence-electron chi connectivity index (χ4n) is 2.22. The first-order chi connectivity index (χ1) is 11.7. The Morgan fingerprint density at radius 3 is 2.71 bits per heavy atom. The van der Waals surface area contributed by atoms with Crippen LogP contribution in [-0.2, 0) is 0 Å². The van der Waals surface area contributed by atoms with Gasteiger partial charge in [0.05, 0.1) is 18.4 Å². The number of halogens is 1. The molecule has 0 N–H and O–H groups in total. The van der Waals surface area contributed by atoms with Crippen molar-refractivity contribution in [2.45, 2.75) is 0 Å². The van der Waals surface area contributed by atoms with Crippen LogP contribution in [0.1, 0.15) is 10.6 Å². The largest absolute Gasteiger partial charge is 0.494 e. The van der Waals surface area contributed by atoms with E-state index in [0.29, 0.717) is 16.1 Å². The van der Waals surface area contributed by atoms with E-state index in [0.717, 1.165) is 11.3 Å².